The average Bonchev–Trinajstić information content (AvgIpc) is 3.19. The predicted octanol–water partition coefficient (Wildman–Crippen LogP) is 3.34. The molecule has 0 spiro atoms. The lowest BCUT2D eigenvalue weighted by molar-refractivity contribution is 0.151. The lowest BCUT2D eigenvalue weighted by Gasteiger charge is -2.17. The van der Waals surface area contributed by atoms with Gasteiger partial charge in [-0.05, 0) is 42.3 Å². The number of β-amino-alcohol motifs (C(OH)–C–C–N with tert-alkyl or cyclic N) is 1. The van der Waals surface area contributed by atoms with Crippen LogP contribution in [0.5, 0.6) is 0 Å². The van der Waals surface area contributed by atoms with E-state index in [1.54, 1.807) is 18.0 Å². The zero-order chi connectivity index (χ0) is 18.1. The van der Waals surface area contributed by atoms with Crippen LogP contribution < -0.4 is 5.73 Å². The van der Waals surface area contributed by atoms with E-state index in [9.17, 15) is 5.11 Å². The largest absolute Gasteiger partial charge is 0.398 e. The number of benzene rings is 1. The molecule has 0 unspecified atom stereocenters. The summed E-state index contributed by atoms with van der Waals surface area (Å²) < 4.78 is 0. The fraction of sp³-hybridized carbons (Fsp3) is 0.350. The number of nitrogens with two attached hydrogens (primary N) is 1. The van der Waals surface area contributed by atoms with Crippen LogP contribution >= 0.6 is 23.4 Å². The second-order valence-corrected chi connectivity index (χ2v) is 8.48. The van der Waals surface area contributed by atoms with Crippen LogP contribution in [0.1, 0.15) is 11.3 Å². The molecule has 1 saturated heterocycles. The minimum Gasteiger partial charge on any atom is -0.398 e. The van der Waals surface area contributed by atoms with Gasteiger partial charge in [-0.3, -0.25) is 9.88 Å². The molecular weight excluding hydrogens is 366 g/mol. The van der Waals surface area contributed by atoms with Gasteiger partial charge in [-0.25, -0.2) is 0 Å². The van der Waals surface area contributed by atoms with Crippen molar-refractivity contribution < 1.29 is 5.11 Å². The van der Waals surface area contributed by atoms with Crippen LogP contribution in [0.15, 0.2) is 47.5 Å². The zero-order valence-electron chi connectivity index (χ0n) is 14.4. The van der Waals surface area contributed by atoms with Crippen molar-refractivity contribution in [3.8, 4) is 0 Å². The molecule has 1 aromatic heterocycles. The molecule has 1 aliphatic heterocycles. The van der Waals surface area contributed by atoms with E-state index in [0.717, 1.165) is 47.2 Å². The maximum Gasteiger partial charge on any atom is 0.0727 e. The van der Waals surface area contributed by atoms with E-state index < -0.39 is 0 Å². The standard InChI is InChI=1S/C20H22ClN3OS/c21-15-2-4-16(5-3-15)26-12-14-10-24(11-19(14)25)9-13-1-6-17-18(22)7-8-23-20(13)17/h1-5,7-8,14,19,25H,6,9-12H2,(H2,22,23)/t14-,19-/m1/s1. The maximum absolute atomic E-state index is 10.5. The van der Waals surface area contributed by atoms with Crippen LogP contribution in [0.25, 0.3) is 5.57 Å². The summed E-state index contributed by atoms with van der Waals surface area (Å²) in [6.45, 7) is 2.43. The van der Waals surface area contributed by atoms with Gasteiger partial charge < -0.3 is 10.8 Å². The number of fused-ring (bicyclic) bond motifs is 1. The van der Waals surface area contributed by atoms with Gasteiger partial charge in [0, 0.05) is 58.7 Å². The molecule has 0 saturated carbocycles. The van der Waals surface area contributed by atoms with E-state index in [1.165, 1.54) is 10.5 Å². The van der Waals surface area contributed by atoms with Crippen molar-refractivity contribution in [2.75, 3.05) is 31.1 Å². The van der Waals surface area contributed by atoms with Crippen molar-refractivity contribution in [2.24, 2.45) is 5.92 Å². The molecule has 0 radical (unpaired) electrons. The first-order chi connectivity index (χ1) is 12.6. The second-order valence-electron chi connectivity index (χ2n) is 6.95. The third-order valence-corrected chi connectivity index (χ3v) is 6.55. The number of nitrogens with zero attached hydrogens (tertiary/aromatic N) is 2. The molecule has 3 N–H and O–H groups in total. The molecule has 26 heavy (non-hydrogen) atoms. The highest BCUT2D eigenvalue weighted by Gasteiger charge is 2.32. The smallest absolute Gasteiger partial charge is 0.0727 e. The fourth-order valence-electron chi connectivity index (χ4n) is 3.67. The molecule has 2 aromatic rings. The SMILES string of the molecule is Nc1ccnc2c1CC=C2CN1C[C@H](CSc2ccc(Cl)cc2)[C@H](O)C1. The number of aliphatic hydroxyl groups is 1. The molecule has 4 nitrogen and oxygen atoms in total. The van der Waals surface area contributed by atoms with Gasteiger partial charge in [-0.15, -0.1) is 11.8 Å². The van der Waals surface area contributed by atoms with Crippen LogP contribution in [-0.2, 0) is 6.42 Å². The minimum atomic E-state index is -0.287. The predicted molar refractivity (Wildman–Crippen MR) is 108 cm³/mol. The first-order valence-corrected chi connectivity index (χ1v) is 10.2. The lowest BCUT2D eigenvalue weighted by atomic mass is 10.1. The number of pyridine rings is 1. The van der Waals surface area contributed by atoms with E-state index >= 15 is 0 Å². The van der Waals surface area contributed by atoms with Crippen LogP contribution in [0.3, 0.4) is 0 Å². The number of hydrogen-bond donors (Lipinski definition) is 2. The number of nitrogen functional groups attached to an aromatic ring is 1. The number of aliphatic hydroxyl groups excluding tert-OH is 1. The number of hydrogen-bond acceptors (Lipinski definition) is 5. The lowest BCUT2D eigenvalue weighted by Crippen LogP contribution is -2.24. The van der Waals surface area contributed by atoms with Crippen molar-refractivity contribution in [3.63, 3.8) is 0 Å². The van der Waals surface area contributed by atoms with Gasteiger partial charge in [-0.2, -0.15) is 0 Å². The van der Waals surface area contributed by atoms with Gasteiger partial charge in [0.1, 0.15) is 0 Å². The summed E-state index contributed by atoms with van der Waals surface area (Å²) in [7, 11) is 0. The molecule has 4 rings (SSSR count). The van der Waals surface area contributed by atoms with Gasteiger partial charge in [0.2, 0.25) is 0 Å². The third kappa shape index (κ3) is 3.76. The number of thioether (sulfide) groups is 1. The Balaban J connectivity index is 1.35. The second kappa shape index (κ2) is 7.61. The van der Waals surface area contributed by atoms with Crippen molar-refractivity contribution in [3.05, 3.63) is 58.9 Å². The number of allylic oxidation sites excluding steroid dienone is 1. The van der Waals surface area contributed by atoms with Crippen LogP contribution in [0, 0.1) is 5.92 Å². The fourth-order valence-corrected chi connectivity index (χ4v) is 4.86. The summed E-state index contributed by atoms with van der Waals surface area (Å²) in [5, 5.41) is 11.2. The average molecular weight is 388 g/mol. The summed E-state index contributed by atoms with van der Waals surface area (Å²) in [5.74, 6) is 1.17. The number of halogens is 1. The van der Waals surface area contributed by atoms with E-state index in [0.29, 0.717) is 6.54 Å². The molecule has 1 aromatic carbocycles. The number of anilines is 1. The molecule has 0 bridgehead atoms. The van der Waals surface area contributed by atoms with Crippen molar-refractivity contribution in [1.82, 2.24) is 9.88 Å². The van der Waals surface area contributed by atoms with E-state index in [4.69, 9.17) is 17.3 Å². The maximum atomic E-state index is 10.5. The number of likely N-dealkylation sites (tertiary alicyclic amines) is 1. The van der Waals surface area contributed by atoms with E-state index in [1.807, 2.05) is 30.3 Å². The summed E-state index contributed by atoms with van der Waals surface area (Å²) >= 11 is 7.71. The molecule has 2 aliphatic rings. The Morgan fingerprint density at radius 1 is 1.23 bits per heavy atom. The minimum absolute atomic E-state index is 0.269. The molecule has 2 atom stereocenters. The van der Waals surface area contributed by atoms with E-state index in [-0.39, 0.29) is 12.0 Å². The third-order valence-electron chi connectivity index (χ3n) is 5.10. The quantitative estimate of drug-likeness (QED) is 0.770. The molecule has 2 heterocycles. The normalized spacial score (nSPS) is 22.5. The van der Waals surface area contributed by atoms with Crippen molar-refractivity contribution in [1.29, 1.82) is 0 Å². The first-order valence-electron chi connectivity index (χ1n) is 8.81. The van der Waals surface area contributed by atoms with Gasteiger partial charge in [0.05, 0.1) is 11.8 Å². The van der Waals surface area contributed by atoms with Crippen LogP contribution in [0.2, 0.25) is 5.02 Å². The van der Waals surface area contributed by atoms with Gasteiger partial charge >= 0.3 is 0 Å². The molecule has 6 heteroatoms. The first kappa shape index (κ1) is 17.9. The molecule has 1 fully saturated rings. The summed E-state index contributed by atoms with van der Waals surface area (Å²) in [4.78, 5) is 8.02. The Labute approximate surface area is 163 Å². The monoisotopic (exact) mass is 387 g/mol. The Bertz CT molecular complexity index is 824. The summed E-state index contributed by atoms with van der Waals surface area (Å²) in [6, 6.07) is 9.73. The molecule has 0 amide bonds. The van der Waals surface area contributed by atoms with Gasteiger partial charge in [0.25, 0.3) is 0 Å². The summed E-state index contributed by atoms with van der Waals surface area (Å²) in [6.07, 6.45) is 4.56. The van der Waals surface area contributed by atoms with Gasteiger partial charge in [0.15, 0.2) is 0 Å². The van der Waals surface area contributed by atoms with Crippen molar-refractivity contribution in [2.45, 2.75) is 17.4 Å². The highest BCUT2D eigenvalue weighted by atomic mass is 35.5. The van der Waals surface area contributed by atoms with Gasteiger partial charge in [-0.1, -0.05) is 17.7 Å². The summed E-state index contributed by atoms with van der Waals surface area (Å²) in [5.41, 5.74) is 10.3. The number of aromatic nitrogens is 1. The highest BCUT2D eigenvalue weighted by Crippen LogP contribution is 2.32. The van der Waals surface area contributed by atoms with E-state index in [2.05, 4.69) is 16.0 Å². The zero-order valence-corrected chi connectivity index (χ0v) is 16.0. The highest BCUT2D eigenvalue weighted by molar-refractivity contribution is 7.99. The molecule has 1 aliphatic carbocycles. The Morgan fingerprint density at radius 3 is 2.85 bits per heavy atom. The van der Waals surface area contributed by atoms with Crippen LogP contribution in [0.4, 0.5) is 5.69 Å². The van der Waals surface area contributed by atoms with Crippen molar-refractivity contribution >= 4 is 34.6 Å². The van der Waals surface area contributed by atoms with Crippen LogP contribution in [-0.4, -0.2) is 46.5 Å². The topological polar surface area (TPSA) is 62.4 Å². The molecule has 136 valence electrons. The Hall–Kier alpha value is -1.53. The Kier molecular flexibility index (Phi) is 5.23. The number of rotatable bonds is 5. The molecular formula is C20H22ClN3OS. The Morgan fingerprint density at radius 2 is 2.04 bits per heavy atom.